The first-order valence-electron chi connectivity index (χ1n) is 4.49. The quantitative estimate of drug-likeness (QED) is 0.670. The summed E-state index contributed by atoms with van der Waals surface area (Å²) in [7, 11) is 0. The highest BCUT2D eigenvalue weighted by Crippen LogP contribution is 2.21. The van der Waals surface area contributed by atoms with Gasteiger partial charge < -0.3 is 4.90 Å². The number of carbonyl (C=O) groups is 1. The second-order valence-corrected chi connectivity index (χ2v) is 3.24. The number of nitrogens with zero attached hydrogens (tertiary/aromatic N) is 1. The smallest absolute Gasteiger partial charge is 0.254 e. The summed E-state index contributed by atoms with van der Waals surface area (Å²) in [6, 6.07) is 7.78. The summed E-state index contributed by atoms with van der Waals surface area (Å²) in [5.41, 5.74) is 2.00. The first-order valence-corrected chi connectivity index (χ1v) is 4.49. The Balaban J connectivity index is 2.28. The molecule has 0 atom stereocenters. The third-order valence-corrected chi connectivity index (χ3v) is 2.32. The molecular weight excluding hydrogens is 162 g/mol. The van der Waals surface area contributed by atoms with E-state index in [1.807, 2.05) is 29.2 Å². The highest BCUT2D eigenvalue weighted by molar-refractivity contribution is 5.98. The summed E-state index contributed by atoms with van der Waals surface area (Å²) in [5.74, 6) is 0.152. The van der Waals surface area contributed by atoms with Gasteiger partial charge in [0.05, 0.1) is 0 Å². The number of fused-ring (bicyclic) bond motifs is 1. The third kappa shape index (κ3) is 1.32. The Kier molecular flexibility index (Phi) is 2.05. The molecular formula is C11H12NO. The van der Waals surface area contributed by atoms with Gasteiger partial charge in [0.1, 0.15) is 0 Å². The Morgan fingerprint density at radius 1 is 1.38 bits per heavy atom. The Labute approximate surface area is 78.2 Å². The second kappa shape index (κ2) is 3.21. The summed E-state index contributed by atoms with van der Waals surface area (Å²) in [6.45, 7) is 5.26. The minimum Gasteiger partial charge on any atom is -0.334 e. The maximum Gasteiger partial charge on any atom is 0.254 e. The van der Waals surface area contributed by atoms with Crippen LogP contribution in [0.1, 0.15) is 22.3 Å². The zero-order chi connectivity index (χ0) is 9.26. The molecule has 0 saturated heterocycles. The summed E-state index contributed by atoms with van der Waals surface area (Å²) in [5, 5.41) is 0. The molecule has 2 nitrogen and oxygen atoms in total. The van der Waals surface area contributed by atoms with Gasteiger partial charge >= 0.3 is 0 Å². The highest BCUT2D eigenvalue weighted by Gasteiger charge is 2.25. The topological polar surface area (TPSA) is 20.3 Å². The lowest BCUT2D eigenvalue weighted by molar-refractivity contribution is 0.0781. The van der Waals surface area contributed by atoms with E-state index in [-0.39, 0.29) is 5.91 Å². The fourth-order valence-electron chi connectivity index (χ4n) is 1.69. The molecule has 0 aliphatic carbocycles. The molecule has 1 aliphatic heterocycles. The van der Waals surface area contributed by atoms with Crippen LogP contribution in [0.15, 0.2) is 24.3 Å². The molecule has 1 aliphatic rings. The Morgan fingerprint density at radius 3 is 2.85 bits per heavy atom. The first kappa shape index (κ1) is 8.30. The zero-order valence-electron chi connectivity index (χ0n) is 7.49. The number of hydrogen-bond donors (Lipinski definition) is 0. The van der Waals surface area contributed by atoms with Crippen molar-refractivity contribution in [2.45, 2.75) is 13.0 Å². The standard InChI is InChI=1S/C11H12NO/c1-2-7-12-8-9-5-3-4-6-10(9)11(12)13/h3-6H,1-2,7-8H2. The molecule has 1 amide bonds. The van der Waals surface area contributed by atoms with Crippen molar-refractivity contribution < 1.29 is 4.79 Å². The molecule has 2 rings (SSSR count). The monoisotopic (exact) mass is 174 g/mol. The van der Waals surface area contributed by atoms with Crippen molar-refractivity contribution in [3.63, 3.8) is 0 Å². The van der Waals surface area contributed by atoms with Crippen molar-refractivity contribution in [1.29, 1.82) is 0 Å². The van der Waals surface area contributed by atoms with Gasteiger partial charge in [-0.15, -0.1) is 0 Å². The summed E-state index contributed by atoms with van der Waals surface area (Å²) >= 11 is 0. The normalized spacial score (nSPS) is 14.8. The van der Waals surface area contributed by atoms with E-state index in [2.05, 4.69) is 6.92 Å². The van der Waals surface area contributed by atoms with Crippen LogP contribution in [0.3, 0.4) is 0 Å². The fourth-order valence-corrected chi connectivity index (χ4v) is 1.69. The Bertz CT molecular complexity index is 333. The van der Waals surface area contributed by atoms with E-state index in [4.69, 9.17) is 0 Å². The summed E-state index contributed by atoms with van der Waals surface area (Å²) in [4.78, 5) is 13.5. The van der Waals surface area contributed by atoms with Crippen molar-refractivity contribution in [3.8, 4) is 0 Å². The fraction of sp³-hybridized carbons (Fsp3) is 0.273. The lowest BCUT2D eigenvalue weighted by atomic mass is 10.1. The molecule has 0 bridgehead atoms. The largest absolute Gasteiger partial charge is 0.334 e. The van der Waals surface area contributed by atoms with Crippen LogP contribution in [-0.4, -0.2) is 17.4 Å². The molecule has 2 heteroatoms. The molecule has 0 saturated carbocycles. The van der Waals surface area contributed by atoms with Crippen molar-refractivity contribution in [2.75, 3.05) is 6.54 Å². The average molecular weight is 174 g/mol. The third-order valence-electron chi connectivity index (χ3n) is 2.32. The first-order chi connectivity index (χ1) is 6.33. The van der Waals surface area contributed by atoms with Crippen LogP contribution in [0, 0.1) is 6.92 Å². The van der Waals surface area contributed by atoms with Gasteiger partial charge in [0.2, 0.25) is 0 Å². The molecule has 0 aromatic heterocycles. The van der Waals surface area contributed by atoms with Crippen LogP contribution >= 0.6 is 0 Å². The second-order valence-electron chi connectivity index (χ2n) is 3.24. The van der Waals surface area contributed by atoms with Gasteiger partial charge in [-0.1, -0.05) is 25.1 Å². The van der Waals surface area contributed by atoms with Crippen molar-refractivity contribution in [1.82, 2.24) is 4.90 Å². The number of hydrogen-bond acceptors (Lipinski definition) is 1. The van der Waals surface area contributed by atoms with Crippen LogP contribution in [0.25, 0.3) is 0 Å². The van der Waals surface area contributed by atoms with E-state index in [1.165, 1.54) is 0 Å². The van der Waals surface area contributed by atoms with E-state index in [0.717, 1.165) is 30.6 Å². The van der Waals surface area contributed by atoms with Crippen LogP contribution in [0.2, 0.25) is 0 Å². The zero-order valence-corrected chi connectivity index (χ0v) is 7.49. The van der Waals surface area contributed by atoms with Crippen LogP contribution in [-0.2, 0) is 6.54 Å². The Morgan fingerprint density at radius 2 is 2.15 bits per heavy atom. The van der Waals surface area contributed by atoms with Gasteiger partial charge in [-0.3, -0.25) is 4.79 Å². The molecule has 0 N–H and O–H groups in total. The number of carbonyl (C=O) groups excluding carboxylic acids is 1. The highest BCUT2D eigenvalue weighted by atomic mass is 16.2. The van der Waals surface area contributed by atoms with Gasteiger partial charge in [-0.2, -0.15) is 0 Å². The maximum atomic E-state index is 11.7. The number of amides is 1. The molecule has 0 spiro atoms. The number of benzene rings is 1. The molecule has 67 valence electrons. The molecule has 1 radical (unpaired) electrons. The van der Waals surface area contributed by atoms with Crippen molar-refractivity contribution in [3.05, 3.63) is 42.3 Å². The van der Waals surface area contributed by atoms with Crippen LogP contribution in [0.4, 0.5) is 0 Å². The summed E-state index contributed by atoms with van der Waals surface area (Å²) in [6.07, 6.45) is 0.778. The minimum atomic E-state index is 0.152. The van der Waals surface area contributed by atoms with E-state index in [9.17, 15) is 4.79 Å². The van der Waals surface area contributed by atoms with Crippen LogP contribution < -0.4 is 0 Å². The van der Waals surface area contributed by atoms with Crippen molar-refractivity contribution in [2.24, 2.45) is 0 Å². The lowest BCUT2D eigenvalue weighted by Crippen LogP contribution is -2.24. The minimum absolute atomic E-state index is 0.152. The van der Waals surface area contributed by atoms with Crippen molar-refractivity contribution >= 4 is 5.91 Å². The molecule has 0 fully saturated rings. The SMILES string of the molecule is [CH2]CCN1Cc2ccccc2C1=O. The predicted octanol–water partition coefficient (Wildman–Crippen LogP) is 1.87. The lowest BCUT2D eigenvalue weighted by Gasteiger charge is -2.13. The molecule has 1 heterocycles. The van der Waals surface area contributed by atoms with E-state index in [1.54, 1.807) is 0 Å². The van der Waals surface area contributed by atoms with Gasteiger partial charge in [0, 0.05) is 18.7 Å². The van der Waals surface area contributed by atoms with Gasteiger partial charge in [0.25, 0.3) is 5.91 Å². The molecule has 13 heavy (non-hydrogen) atoms. The van der Waals surface area contributed by atoms with Gasteiger partial charge in [0.15, 0.2) is 0 Å². The number of rotatable bonds is 2. The van der Waals surface area contributed by atoms with E-state index < -0.39 is 0 Å². The Hall–Kier alpha value is -1.31. The van der Waals surface area contributed by atoms with E-state index >= 15 is 0 Å². The van der Waals surface area contributed by atoms with E-state index in [0.29, 0.717) is 0 Å². The van der Waals surface area contributed by atoms with Crippen LogP contribution in [0.5, 0.6) is 0 Å². The predicted molar refractivity (Wildman–Crippen MR) is 51.2 cm³/mol. The van der Waals surface area contributed by atoms with Gasteiger partial charge in [-0.25, -0.2) is 0 Å². The molecule has 0 unspecified atom stereocenters. The van der Waals surface area contributed by atoms with Gasteiger partial charge in [-0.05, 0) is 18.1 Å². The average Bonchev–Trinajstić information content (AvgIpc) is 2.46. The molecule has 1 aromatic rings. The summed E-state index contributed by atoms with van der Waals surface area (Å²) < 4.78 is 0. The maximum absolute atomic E-state index is 11.7. The molecule has 1 aromatic carbocycles.